The van der Waals surface area contributed by atoms with Crippen molar-refractivity contribution < 1.29 is 9.47 Å². The van der Waals surface area contributed by atoms with Crippen LogP contribution in [0.4, 0.5) is 0 Å². The summed E-state index contributed by atoms with van der Waals surface area (Å²) in [4.78, 5) is 18.4. The molecule has 0 aliphatic heterocycles. The summed E-state index contributed by atoms with van der Waals surface area (Å²) < 4.78 is 13.0. The van der Waals surface area contributed by atoms with E-state index in [0.717, 1.165) is 10.4 Å². The number of nitrogens with zero attached hydrogens (tertiary/aromatic N) is 3. The van der Waals surface area contributed by atoms with E-state index in [4.69, 9.17) is 9.47 Å². The van der Waals surface area contributed by atoms with Crippen LogP contribution in [-0.4, -0.2) is 22.5 Å². The number of fused-ring (bicyclic) bond motifs is 1. The molecule has 152 valence electrons. The minimum absolute atomic E-state index is 0.199. The first-order valence-corrected chi connectivity index (χ1v) is 10.5. The maximum atomic E-state index is 12.8. The monoisotopic (exact) mass is 419 g/mol. The predicted molar refractivity (Wildman–Crippen MR) is 120 cm³/mol. The molecule has 0 bridgehead atoms. The van der Waals surface area contributed by atoms with Crippen molar-refractivity contribution in [3.05, 3.63) is 86.6 Å². The highest BCUT2D eigenvalue weighted by Gasteiger charge is 2.09. The Hall–Kier alpha value is -3.45. The Labute approximate surface area is 178 Å². The number of ether oxygens (including phenoxy) is 2. The first-order chi connectivity index (χ1) is 14.7. The quantitative estimate of drug-likeness (QED) is 0.410. The molecule has 0 saturated carbocycles. The molecule has 0 amide bonds. The van der Waals surface area contributed by atoms with Crippen LogP contribution in [-0.2, 0) is 6.61 Å². The number of thiophene rings is 1. The Morgan fingerprint density at radius 2 is 1.97 bits per heavy atom. The summed E-state index contributed by atoms with van der Waals surface area (Å²) in [6.07, 6.45) is 1.62. The maximum Gasteiger partial charge on any atom is 0.282 e. The Balaban J connectivity index is 1.61. The second-order valence-electron chi connectivity index (χ2n) is 6.54. The zero-order chi connectivity index (χ0) is 20.9. The van der Waals surface area contributed by atoms with Crippen LogP contribution in [0, 0.1) is 6.92 Å². The van der Waals surface area contributed by atoms with Gasteiger partial charge in [0.05, 0.1) is 23.7 Å². The van der Waals surface area contributed by atoms with E-state index >= 15 is 0 Å². The molecule has 6 nitrogen and oxygen atoms in total. The van der Waals surface area contributed by atoms with E-state index in [1.54, 1.807) is 30.5 Å². The number of aromatic nitrogens is 2. The van der Waals surface area contributed by atoms with Gasteiger partial charge in [-0.2, -0.15) is 9.78 Å². The molecule has 0 N–H and O–H groups in total. The molecule has 2 heterocycles. The number of para-hydroxylation sites is 1. The van der Waals surface area contributed by atoms with E-state index in [1.165, 1.54) is 4.68 Å². The van der Waals surface area contributed by atoms with Crippen LogP contribution in [0.15, 0.2) is 69.9 Å². The zero-order valence-electron chi connectivity index (χ0n) is 16.7. The maximum absolute atomic E-state index is 12.8. The lowest BCUT2D eigenvalue weighted by molar-refractivity contribution is 0.271. The lowest BCUT2D eigenvalue weighted by Crippen LogP contribution is -2.20. The van der Waals surface area contributed by atoms with Crippen molar-refractivity contribution in [2.75, 3.05) is 6.61 Å². The number of rotatable bonds is 7. The average molecular weight is 420 g/mol. The summed E-state index contributed by atoms with van der Waals surface area (Å²) in [6.45, 7) is 4.69. The van der Waals surface area contributed by atoms with Crippen LogP contribution < -0.4 is 15.0 Å². The Kier molecular flexibility index (Phi) is 5.90. The van der Waals surface area contributed by atoms with E-state index in [9.17, 15) is 4.79 Å². The second-order valence-corrected chi connectivity index (χ2v) is 7.58. The van der Waals surface area contributed by atoms with Crippen LogP contribution in [0.5, 0.6) is 11.5 Å². The van der Waals surface area contributed by atoms with Crippen molar-refractivity contribution >= 4 is 28.5 Å². The molecular weight excluding hydrogens is 398 g/mol. The van der Waals surface area contributed by atoms with Crippen molar-refractivity contribution in [1.29, 1.82) is 0 Å². The molecule has 7 heteroatoms. The van der Waals surface area contributed by atoms with Crippen molar-refractivity contribution in [2.24, 2.45) is 5.10 Å². The van der Waals surface area contributed by atoms with Gasteiger partial charge in [0, 0.05) is 4.88 Å². The number of aryl methyl sites for hydroxylation is 1. The van der Waals surface area contributed by atoms with E-state index in [2.05, 4.69) is 10.1 Å². The number of benzene rings is 2. The van der Waals surface area contributed by atoms with Crippen molar-refractivity contribution in [3.63, 3.8) is 0 Å². The summed E-state index contributed by atoms with van der Waals surface area (Å²) in [6, 6.07) is 16.9. The van der Waals surface area contributed by atoms with Crippen LogP contribution >= 0.6 is 11.3 Å². The fourth-order valence-electron chi connectivity index (χ4n) is 3.03. The number of hydrogen-bond donors (Lipinski definition) is 0. The van der Waals surface area contributed by atoms with Gasteiger partial charge in [0.2, 0.25) is 0 Å². The van der Waals surface area contributed by atoms with Gasteiger partial charge in [-0.25, -0.2) is 4.98 Å². The molecule has 0 saturated heterocycles. The van der Waals surface area contributed by atoms with E-state index in [1.807, 2.05) is 60.8 Å². The highest BCUT2D eigenvalue weighted by Crippen LogP contribution is 2.29. The van der Waals surface area contributed by atoms with Crippen molar-refractivity contribution in [2.45, 2.75) is 20.5 Å². The Bertz CT molecular complexity index is 1250. The van der Waals surface area contributed by atoms with Gasteiger partial charge in [-0.15, -0.1) is 11.3 Å². The highest BCUT2D eigenvalue weighted by atomic mass is 32.1. The lowest BCUT2D eigenvalue weighted by Gasteiger charge is -2.12. The molecule has 0 atom stereocenters. The number of hydrogen-bond acceptors (Lipinski definition) is 6. The normalized spacial score (nSPS) is 11.3. The molecule has 0 aliphatic carbocycles. The molecule has 4 rings (SSSR count). The summed E-state index contributed by atoms with van der Waals surface area (Å²) in [5.74, 6) is 1.83. The van der Waals surface area contributed by atoms with Crippen molar-refractivity contribution in [1.82, 2.24) is 9.66 Å². The third-order valence-corrected chi connectivity index (χ3v) is 5.31. The van der Waals surface area contributed by atoms with Gasteiger partial charge >= 0.3 is 0 Å². The molecule has 0 radical (unpaired) electrons. The first kappa shape index (κ1) is 19.8. The van der Waals surface area contributed by atoms with Gasteiger partial charge < -0.3 is 9.47 Å². The van der Waals surface area contributed by atoms with Crippen molar-refractivity contribution in [3.8, 4) is 11.5 Å². The van der Waals surface area contributed by atoms with Gasteiger partial charge in [0.15, 0.2) is 11.5 Å². The van der Waals surface area contributed by atoms with Gasteiger partial charge in [-0.1, -0.05) is 18.2 Å². The Morgan fingerprint density at radius 3 is 2.77 bits per heavy atom. The van der Waals surface area contributed by atoms with Gasteiger partial charge in [0.1, 0.15) is 12.4 Å². The molecule has 0 fully saturated rings. The topological polar surface area (TPSA) is 65.7 Å². The largest absolute Gasteiger partial charge is 0.490 e. The van der Waals surface area contributed by atoms with Crippen LogP contribution in [0.2, 0.25) is 0 Å². The van der Waals surface area contributed by atoms with E-state index in [-0.39, 0.29) is 5.56 Å². The minimum Gasteiger partial charge on any atom is -0.490 e. The van der Waals surface area contributed by atoms with Gasteiger partial charge in [-0.05, 0) is 61.2 Å². The van der Waals surface area contributed by atoms with Crippen LogP contribution in [0.3, 0.4) is 0 Å². The molecule has 2 aromatic carbocycles. The SMILES string of the molecule is CCOc1cc(C=Nn2c(C)nc3ccccc3c2=O)ccc1OCc1cccs1. The van der Waals surface area contributed by atoms with Crippen LogP contribution in [0.25, 0.3) is 10.9 Å². The summed E-state index contributed by atoms with van der Waals surface area (Å²) in [5, 5.41) is 6.92. The first-order valence-electron chi connectivity index (χ1n) is 9.60. The highest BCUT2D eigenvalue weighted by molar-refractivity contribution is 7.09. The molecule has 0 spiro atoms. The average Bonchev–Trinajstić information content (AvgIpc) is 3.27. The predicted octanol–water partition coefficient (Wildman–Crippen LogP) is 4.63. The van der Waals surface area contributed by atoms with Crippen LogP contribution in [0.1, 0.15) is 23.2 Å². The summed E-state index contributed by atoms with van der Waals surface area (Å²) >= 11 is 1.65. The third kappa shape index (κ3) is 4.26. The molecule has 0 aliphatic rings. The van der Waals surface area contributed by atoms with Gasteiger partial charge in [0.25, 0.3) is 5.56 Å². The summed E-state index contributed by atoms with van der Waals surface area (Å²) in [7, 11) is 0. The third-order valence-electron chi connectivity index (χ3n) is 4.46. The summed E-state index contributed by atoms with van der Waals surface area (Å²) in [5.41, 5.74) is 1.26. The molecule has 0 unspecified atom stereocenters. The standard InChI is InChI=1S/C23H21N3O3S/c1-3-28-22-13-17(10-11-21(22)29-15-18-7-6-12-30-18)14-24-26-16(2)25-20-9-5-4-8-19(20)23(26)27/h4-14H,3,15H2,1-2H3. The lowest BCUT2D eigenvalue weighted by atomic mass is 10.2. The molecule has 4 aromatic rings. The molecular formula is C23H21N3O3S. The van der Waals surface area contributed by atoms with E-state index < -0.39 is 0 Å². The molecule has 30 heavy (non-hydrogen) atoms. The minimum atomic E-state index is -0.199. The van der Waals surface area contributed by atoms with Gasteiger partial charge in [-0.3, -0.25) is 4.79 Å². The smallest absolute Gasteiger partial charge is 0.282 e. The fourth-order valence-corrected chi connectivity index (χ4v) is 3.65. The Morgan fingerprint density at radius 1 is 1.10 bits per heavy atom. The fraction of sp³-hybridized carbons (Fsp3) is 0.174. The van der Waals surface area contributed by atoms with E-state index in [0.29, 0.717) is 41.4 Å². The molecule has 2 aromatic heterocycles. The zero-order valence-corrected chi connectivity index (χ0v) is 17.6. The second kappa shape index (κ2) is 8.92.